The summed E-state index contributed by atoms with van der Waals surface area (Å²) in [6.45, 7) is 1.02. The maximum absolute atomic E-state index is 12.6. The molecule has 8 nitrogen and oxygen atoms in total. The maximum Gasteiger partial charge on any atom is 0.257 e. The Bertz CT molecular complexity index is 1130. The van der Waals surface area contributed by atoms with E-state index in [0.29, 0.717) is 18.8 Å². The highest BCUT2D eigenvalue weighted by molar-refractivity contribution is 7.92. The van der Waals surface area contributed by atoms with E-state index in [4.69, 9.17) is 11.6 Å². The Morgan fingerprint density at radius 2 is 1.55 bits per heavy atom. The van der Waals surface area contributed by atoms with Crippen LogP contribution in [0.15, 0.2) is 47.4 Å². The van der Waals surface area contributed by atoms with Crippen LogP contribution >= 0.6 is 11.6 Å². The highest BCUT2D eigenvalue weighted by atomic mass is 35.5. The van der Waals surface area contributed by atoms with Gasteiger partial charge in [0, 0.05) is 24.5 Å². The third-order valence-corrected chi connectivity index (χ3v) is 7.18. The van der Waals surface area contributed by atoms with Gasteiger partial charge in [0.1, 0.15) is 0 Å². The molecule has 0 unspecified atom stereocenters. The van der Waals surface area contributed by atoms with Crippen LogP contribution in [0.2, 0.25) is 5.02 Å². The van der Waals surface area contributed by atoms with Crippen molar-refractivity contribution in [2.45, 2.75) is 17.7 Å². The first-order valence-corrected chi connectivity index (χ1v) is 12.5. The molecule has 2 N–H and O–H groups in total. The molecule has 0 bridgehead atoms. The number of hydrogen-bond donors (Lipinski definition) is 2. The fraction of sp³-hybridized carbons (Fsp3) is 0.278. The second-order valence-electron chi connectivity index (χ2n) is 6.66. The lowest BCUT2D eigenvalue weighted by atomic mass is 10.2. The maximum atomic E-state index is 12.6. The Morgan fingerprint density at radius 1 is 0.966 bits per heavy atom. The van der Waals surface area contributed by atoms with Gasteiger partial charge in [0.25, 0.3) is 5.91 Å². The molecule has 1 aliphatic rings. The minimum absolute atomic E-state index is 0.0779. The highest BCUT2D eigenvalue weighted by Gasteiger charge is 2.27. The fourth-order valence-corrected chi connectivity index (χ4v) is 5.24. The summed E-state index contributed by atoms with van der Waals surface area (Å²) < 4.78 is 51.6. The number of rotatable bonds is 6. The van der Waals surface area contributed by atoms with E-state index in [2.05, 4.69) is 10.0 Å². The summed E-state index contributed by atoms with van der Waals surface area (Å²) in [5.74, 6) is -0.553. The zero-order valence-electron chi connectivity index (χ0n) is 15.6. The monoisotopic (exact) mass is 457 g/mol. The van der Waals surface area contributed by atoms with Gasteiger partial charge in [0.15, 0.2) is 0 Å². The van der Waals surface area contributed by atoms with Gasteiger partial charge < -0.3 is 5.32 Å². The van der Waals surface area contributed by atoms with Crippen LogP contribution in [-0.2, 0) is 20.0 Å². The summed E-state index contributed by atoms with van der Waals surface area (Å²) in [5, 5.41) is 2.78. The third kappa shape index (κ3) is 5.27. The molecular weight excluding hydrogens is 438 g/mol. The van der Waals surface area contributed by atoms with Gasteiger partial charge in [-0.05, 0) is 55.3 Å². The molecule has 1 heterocycles. The lowest BCUT2D eigenvalue weighted by Crippen LogP contribution is -2.27. The number of nitrogens with one attached hydrogen (secondary N) is 2. The number of amides is 1. The number of sulfonamides is 2. The molecule has 1 fully saturated rings. The summed E-state index contributed by atoms with van der Waals surface area (Å²) in [5.41, 5.74) is 0.663. The van der Waals surface area contributed by atoms with Crippen LogP contribution in [0.3, 0.4) is 0 Å². The molecule has 0 aromatic heterocycles. The molecule has 2 aromatic rings. The average Bonchev–Trinajstić information content (AvgIpc) is 3.18. The number of hydrogen-bond acceptors (Lipinski definition) is 5. The number of benzene rings is 2. The first kappa shape index (κ1) is 21.6. The fourth-order valence-electron chi connectivity index (χ4n) is 2.96. The molecule has 0 radical (unpaired) electrons. The second kappa shape index (κ2) is 8.31. The number of nitrogens with zero attached hydrogens (tertiary/aromatic N) is 1. The highest BCUT2D eigenvalue weighted by Crippen LogP contribution is 2.24. The summed E-state index contributed by atoms with van der Waals surface area (Å²) in [6.07, 6.45) is 2.70. The van der Waals surface area contributed by atoms with E-state index in [1.165, 1.54) is 46.8 Å². The summed E-state index contributed by atoms with van der Waals surface area (Å²) in [4.78, 5) is 12.7. The first-order chi connectivity index (χ1) is 13.6. The molecule has 11 heteroatoms. The van der Waals surface area contributed by atoms with E-state index in [0.717, 1.165) is 19.1 Å². The van der Waals surface area contributed by atoms with Crippen LogP contribution < -0.4 is 10.0 Å². The first-order valence-electron chi connectivity index (χ1n) is 8.75. The van der Waals surface area contributed by atoms with Crippen LogP contribution in [0.5, 0.6) is 0 Å². The third-order valence-electron chi connectivity index (χ3n) is 4.33. The van der Waals surface area contributed by atoms with Crippen LogP contribution in [0.4, 0.5) is 11.4 Å². The van der Waals surface area contributed by atoms with Crippen molar-refractivity contribution in [1.82, 2.24) is 4.31 Å². The molecule has 29 heavy (non-hydrogen) atoms. The van der Waals surface area contributed by atoms with E-state index < -0.39 is 26.0 Å². The molecule has 0 aliphatic carbocycles. The molecule has 0 saturated carbocycles. The van der Waals surface area contributed by atoms with Crippen molar-refractivity contribution in [2.24, 2.45) is 0 Å². The van der Waals surface area contributed by atoms with Crippen molar-refractivity contribution >= 4 is 48.9 Å². The summed E-state index contributed by atoms with van der Waals surface area (Å²) in [6, 6.07) is 10.0. The Hall–Kier alpha value is -2.14. The van der Waals surface area contributed by atoms with Gasteiger partial charge in [0.05, 0.1) is 21.7 Å². The van der Waals surface area contributed by atoms with Crippen LogP contribution in [-0.4, -0.2) is 46.4 Å². The SMILES string of the molecule is CS(=O)(=O)Nc1ccc(Cl)c(C(=O)Nc2ccc(S(=O)(=O)N3CCCC3)cc2)c1. The predicted octanol–water partition coefficient (Wildman–Crippen LogP) is 2.75. The van der Waals surface area contributed by atoms with Crippen molar-refractivity contribution in [3.05, 3.63) is 53.1 Å². The van der Waals surface area contributed by atoms with Gasteiger partial charge in [0.2, 0.25) is 20.0 Å². The van der Waals surface area contributed by atoms with Gasteiger partial charge in [-0.15, -0.1) is 0 Å². The Balaban J connectivity index is 1.77. The lowest BCUT2D eigenvalue weighted by molar-refractivity contribution is 0.102. The molecule has 1 amide bonds. The lowest BCUT2D eigenvalue weighted by Gasteiger charge is -2.15. The van der Waals surface area contributed by atoms with Crippen molar-refractivity contribution in [3.63, 3.8) is 0 Å². The molecule has 0 atom stereocenters. The summed E-state index contributed by atoms with van der Waals surface area (Å²) in [7, 11) is -7.03. The summed E-state index contributed by atoms with van der Waals surface area (Å²) >= 11 is 6.06. The zero-order valence-corrected chi connectivity index (χ0v) is 17.9. The standard InChI is InChI=1S/C18H20ClN3O5S2/c1-28(24,25)21-14-6-9-17(19)16(12-14)18(23)20-13-4-7-15(8-5-13)29(26,27)22-10-2-3-11-22/h4-9,12,21H,2-3,10-11H2,1H3,(H,20,23). The predicted molar refractivity (Wildman–Crippen MR) is 112 cm³/mol. The molecule has 3 rings (SSSR count). The van der Waals surface area contributed by atoms with E-state index in [1.807, 2.05) is 0 Å². The van der Waals surface area contributed by atoms with E-state index >= 15 is 0 Å². The number of anilines is 2. The Labute approximate surface area is 175 Å². The molecule has 0 spiro atoms. The Kier molecular flexibility index (Phi) is 6.18. The minimum Gasteiger partial charge on any atom is -0.322 e. The molecular formula is C18H20ClN3O5S2. The quantitative estimate of drug-likeness (QED) is 0.692. The van der Waals surface area contributed by atoms with Crippen molar-refractivity contribution in [2.75, 3.05) is 29.4 Å². The molecule has 2 aromatic carbocycles. The van der Waals surface area contributed by atoms with Gasteiger partial charge in [-0.2, -0.15) is 4.31 Å². The minimum atomic E-state index is -3.53. The van der Waals surface area contributed by atoms with Crippen LogP contribution in [0.25, 0.3) is 0 Å². The van der Waals surface area contributed by atoms with Gasteiger partial charge in [-0.25, -0.2) is 16.8 Å². The average molecular weight is 458 g/mol. The van der Waals surface area contributed by atoms with Crippen molar-refractivity contribution in [3.8, 4) is 0 Å². The molecule has 1 saturated heterocycles. The van der Waals surface area contributed by atoms with Gasteiger partial charge in [-0.1, -0.05) is 11.6 Å². The van der Waals surface area contributed by atoms with E-state index in [1.54, 1.807) is 0 Å². The smallest absolute Gasteiger partial charge is 0.257 e. The van der Waals surface area contributed by atoms with Gasteiger partial charge >= 0.3 is 0 Å². The van der Waals surface area contributed by atoms with E-state index in [-0.39, 0.29) is 21.2 Å². The number of halogens is 1. The van der Waals surface area contributed by atoms with E-state index in [9.17, 15) is 21.6 Å². The van der Waals surface area contributed by atoms with Gasteiger partial charge in [-0.3, -0.25) is 9.52 Å². The molecule has 156 valence electrons. The number of carbonyl (C=O) groups excluding carboxylic acids is 1. The second-order valence-corrected chi connectivity index (χ2v) is 10.8. The van der Waals surface area contributed by atoms with Crippen molar-refractivity contribution in [1.29, 1.82) is 0 Å². The molecule has 1 aliphatic heterocycles. The topological polar surface area (TPSA) is 113 Å². The normalized spacial score (nSPS) is 15.2. The Morgan fingerprint density at radius 3 is 2.14 bits per heavy atom. The van der Waals surface area contributed by atoms with Crippen LogP contribution in [0, 0.1) is 0 Å². The largest absolute Gasteiger partial charge is 0.322 e. The van der Waals surface area contributed by atoms with Crippen LogP contribution in [0.1, 0.15) is 23.2 Å². The zero-order chi connectivity index (χ0) is 21.2. The van der Waals surface area contributed by atoms with Crippen molar-refractivity contribution < 1.29 is 21.6 Å². The number of carbonyl (C=O) groups is 1.